The lowest BCUT2D eigenvalue weighted by molar-refractivity contribution is 1.24. The molecule has 2 aromatic carbocycles. The van der Waals surface area contributed by atoms with Gasteiger partial charge >= 0.3 is 0 Å². The van der Waals surface area contributed by atoms with Crippen LogP contribution in [-0.4, -0.2) is 0 Å². The molecule has 0 saturated carbocycles. The zero-order chi connectivity index (χ0) is 13.3. The van der Waals surface area contributed by atoms with Crippen molar-refractivity contribution in [3.8, 4) is 11.1 Å². The van der Waals surface area contributed by atoms with E-state index in [0.29, 0.717) is 16.9 Å². The summed E-state index contributed by atoms with van der Waals surface area (Å²) in [5.41, 5.74) is 15.0. The van der Waals surface area contributed by atoms with Crippen LogP contribution in [0.2, 0.25) is 0 Å². The van der Waals surface area contributed by atoms with E-state index in [9.17, 15) is 0 Å². The third kappa shape index (κ3) is 2.83. The van der Waals surface area contributed by atoms with Gasteiger partial charge in [0, 0.05) is 16.9 Å². The lowest BCUT2D eigenvalue weighted by atomic mass is 9.99. The minimum atomic E-state index is -1.51. The Bertz CT molecular complexity index is 577. The van der Waals surface area contributed by atoms with Crippen molar-refractivity contribution in [1.29, 1.82) is 0 Å². The molecule has 0 aliphatic heterocycles. The summed E-state index contributed by atoms with van der Waals surface area (Å²) < 4.78 is -1.51. The number of anilines is 2. The Kier molecular flexibility index (Phi) is 3.62. The Morgan fingerprint density at radius 2 is 1.50 bits per heavy atom. The molecule has 0 aliphatic carbocycles. The highest BCUT2D eigenvalue weighted by Crippen LogP contribution is 2.43. The van der Waals surface area contributed by atoms with Gasteiger partial charge in [0.25, 0.3) is 0 Å². The number of benzene rings is 2. The number of nitrogen functional groups attached to an aromatic ring is 2. The summed E-state index contributed by atoms with van der Waals surface area (Å²) >= 11 is 17.9. The maximum atomic E-state index is 5.96. The van der Waals surface area contributed by atoms with Crippen LogP contribution < -0.4 is 11.5 Å². The van der Waals surface area contributed by atoms with Crippen LogP contribution in [-0.2, 0) is 3.79 Å². The largest absolute Gasteiger partial charge is 0.399 e. The van der Waals surface area contributed by atoms with Gasteiger partial charge in [0.2, 0.25) is 3.79 Å². The van der Waals surface area contributed by atoms with E-state index in [4.69, 9.17) is 46.3 Å². The third-order valence-electron chi connectivity index (χ3n) is 2.55. The minimum absolute atomic E-state index is 0.576. The second-order valence-corrected chi connectivity index (χ2v) is 6.21. The van der Waals surface area contributed by atoms with Gasteiger partial charge in [-0.25, -0.2) is 0 Å². The molecule has 0 unspecified atom stereocenters. The maximum Gasteiger partial charge on any atom is 0.216 e. The van der Waals surface area contributed by atoms with Crippen molar-refractivity contribution in [1.82, 2.24) is 0 Å². The van der Waals surface area contributed by atoms with Crippen molar-refractivity contribution in [3.63, 3.8) is 0 Å². The van der Waals surface area contributed by atoms with Gasteiger partial charge in [0.05, 0.1) is 0 Å². The summed E-state index contributed by atoms with van der Waals surface area (Å²) in [5.74, 6) is 0. The normalized spacial score (nSPS) is 11.5. The molecule has 2 aromatic rings. The lowest BCUT2D eigenvalue weighted by Gasteiger charge is -2.17. The van der Waals surface area contributed by atoms with E-state index >= 15 is 0 Å². The van der Waals surface area contributed by atoms with Crippen molar-refractivity contribution in [3.05, 3.63) is 48.0 Å². The monoisotopic (exact) mass is 300 g/mol. The molecule has 0 radical (unpaired) electrons. The molecule has 0 heterocycles. The molecule has 5 heteroatoms. The van der Waals surface area contributed by atoms with Crippen LogP contribution in [0.3, 0.4) is 0 Å². The number of alkyl halides is 3. The quantitative estimate of drug-likeness (QED) is 0.608. The van der Waals surface area contributed by atoms with Gasteiger partial charge in [-0.2, -0.15) is 0 Å². The standard InChI is InChI=1S/C13H11Cl3N2/c14-13(15,16)12-5-4-10(18)7-11(12)8-2-1-3-9(17)6-8/h1-7H,17-18H2. The maximum absolute atomic E-state index is 5.96. The summed E-state index contributed by atoms with van der Waals surface area (Å²) in [6.07, 6.45) is 0. The molecule has 0 atom stereocenters. The first-order chi connectivity index (χ1) is 8.38. The Labute approximate surface area is 120 Å². The zero-order valence-electron chi connectivity index (χ0n) is 9.33. The molecule has 0 amide bonds. The van der Waals surface area contributed by atoms with E-state index in [-0.39, 0.29) is 0 Å². The molecule has 0 aromatic heterocycles. The highest BCUT2D eigenvalue weighted by atomic mass is 35.6. The van der Waals surface area contributed by atoms with Gasteiger partial charge in [-0.1, -0.05) is 53.0 Å². The molecule has 4 N–H and O–H groups in total. The number of nitrogens with two attached hydrogens (primary N) is 2. The van der Waals surface area contributed by atoms with E-state index < -0.39 is 3.79 Å². The number of hydrogen-bond donors (Lipinski definition) is 2. The fourth-order valence-corrected chi connectivity index (χ4v) is 2.25. The third-order valence-corrected chi connectivity index (χ3v) is 3.16. The Balaban J connectivity index is 2.66. The van der Waals surface area contributed by atoms with Crippen LogP contribution in [0.4, 0.5) is 11.4 Å². The van der Waals surface area contributed by atoms with Gasteiger partial charge in [-0.05, 0) is 35.4 Å². The lowest BCUT2D eigenvalue weighted by Crippen LogP contribution is -2.04. The van der Waals surface area contributed by atoms with Gasteiger partial charge in [0.1, 0.15) is 0 Å². The molecule has 18 heavy (non-hydrogen) atoms. The summed E-state index contributed by atoms with van der Waals surface area (Å²) in [7, 11) is 0. The summed E-state index contributed by atoms with van der Waals surface area (Å²) in [4.78, 5) is 0. The van der Waals surface area contributed by atoms with Crippen molar-refractivity contribution >= 4 is 46.2 Å². The van der Waals surface area contributed by atoms with Gasteiger partial charge < -0.3 is 11.5 Å². The Morgan fingerprint density at radius 1 is 0.833 bits per heavy atom. The molecule has 0 fully saturated rings. The van der Waals surface area contributed by atoms with Crippen molar-refractivity contribution in [2.24, 2.45) is 0 Å². The van der Waals surface area contributed by atoms with Crippen LogP contribution in [0.15, 0.2) is 42.5 Å². The van der Waals surface area contributed by atoms with E-state index in [0.717, 1.165) is 11.1 Å². The first-order valence-electron chi connectivity index (χ1n) is 5.20. The predicted molar refractivity (Wildman–Crippen MR) is 79.9 cm³/mol. The second kappa shape index (κ2) is 4.88. The molecule has 2 nitrogen and oxygen atoms in total. The topological polar surface area (TPSA) is 52.0 Å². The number of rotatable bonds is 1. The number of halogens is 3. The Hall–Kier alpha value is -1.09. The van der Waals surface area contributed by atoms with E-state index in [2.05, 4.69) is 0 Å². The predicted octanol–water partition coefficient (Wildman–Crippen LogP) is 4.34. The average molecular weight is 302 g/mol. The SMILES string of the molecule is Nc1cccc(-c2cc(N)ccc2C(Cl)(Cl)Cl)c1. The smallest absolute Gasteiger partial charge is 0.216 e. The molecule has 0 spiro atoms. The molecule has 0 bridgehead atoms. The van der Waals surface area contributed by atoms with Gasteiger partial charge in [-0.15, -0.1) is 0 Å². The first-order valence-corrected chi connectivity index (χ1v) is 6.34. The minimum Gasteiger partial charge on any atom is -0.399 e. The second-order valence-electron chi connectivity index (χ2n) is 3.93. The van der Waals surface area contributed by atoms with Crippen LogP contribution >= 0.6 is 34.8 Å². The molecule has 0 saturated heterocycles. The van der Waals surface area contributed by atoms with E-state index in [1.54, 1.807) is 24.3 Å². The van der Waals surface area contributed by atoms with Crippen LogP contribution in [0.5, 0.6) is 0 Å². The molecule has 94 valence electrons. The first kappa shape index (κ1) is 13.3. The summed E-state index contributed by atoms with van der Waals surface area (Å²) in [6, 6.07) is 12.5. The van der Waals surface area contributed by atoms with Crippen LogP contribution in [0.1, 0.15) is 5.56 Å². The fourth-order valence-electron chi connectivity index (χ4n) is 1.75. The summed E-state index contributed by atoms with van der Waals surface area (Å²) in [5, 5.41) is 0. The van der Waals surface area contributed by atoms with Crippen molar-refractivity contribution < 1.29 is 0 Å². The zero-order valence-corrected chi connectivity index (χ0v) is 11.6. The highest BCUT2D eigenvalue weighted by Gasteiger charge is 2.26. The Morgan fingerprint density at radius 3 is 2.11 bits per heavy atom. The summed E-state index contributed by atoms with van der Waals surface area (Å²) in [6.45, 7) is 0. The van der Waals surface area contributed by atoms with Crippen molar-refractivity contribution in [2.75, 3.05) is 11.5 Å². The number of hydrogen-bond acceptors (Lipinski definition) is 2. The molecular formula is C13H11Cl3N2. The van der Waals surface area contributed by atoms with Gasteiger partial charge in [-0.3, -0.25) is 0 Å². The fraction of sp³-hybridized carbons (Fsp3) is 0.0769. The van der Waals surface area contributed by atoms with Gasteiger partial charge in [0.15, 0.2) is 0 Å². The average Bonchev–Trinajstić information content (AvgIpc) is 2.27. The molecular weight excluding hydrogens is 291 g/mol. The van der Waals surface area contributed by atoms with Crippen molar-refractivity contribution in [2.45, 2.75) is 3.79 Å². The van der Waals surface area contributed by atoms with Crippen LogP contribution in [0.25, 0.3) is 11.1 Å². The molecule has 2 rings (SSSR count). The van der Waals surface area contributed by atoms with E-state index in [1.165, 1.54) is 0 Å². The highest BCUT2D eigenvalue weighted by molar-refractivity contribution is 6.67. The van der Waals surface area contributed by atoms with Crippen LogP contribution in [0, 0.1) is 0 Å². The van der Waals surface area contributed by atoms with E-state index in [1.807, 2.05) is 18.2 Å². The molecule has 0 aliphatic rings.